The molecule has 0 aromatic heterocycles. The van der Waals surface area contributed by atoms with Gasteiger partial charge in [-0.15, -0.1) is 11.8 Å². The maximum Gasteiger partial charge on any atom is 0.236 e. The number of rotatable bonds is 6. The third-order valence-corrected chi connectivity index (χ3v) is 4.48. The Morgan fingerprint density at radius 1 is 1.44 bits per heavy atom. The maximum atomic E-state index is 12.1. The molecule has 2 rings (SSSR count). The van der Waals surface area contributed by atoms with Crippen molar-refractivity contribution in [1.82, 2.24) is 16.2 Å². The molecule has 0 bridgehead atoms. The number of hydrogen-bond donors (Lipinski definition) is 3. The van der Waals surface area contributed by atoms with Crippen LogP contribution in [0.2, 0.25) is 0 Å². The predicted molar refractivity (Wildman–Crippen MR) is 72.6 cm³/mol. The van der Waals surface area contributed by atoms with Crippen LogP contribution in [-0.2, 0) is 9.53 Å². The molecule has 3 unspecified atom stereocenters. The number of nitrogens with one attached hydrogen (secondary N) is 3. The second kappa shape index (κ2) is 6.23. The minimum Gasteiger partial charge on any atom is -0.324 e. The van der Waals surface area contributed by atoms with Gasteiger partial charge in [-0.05, 0) is 30.4 Å². The molecule has 1 saturated carbocycles. The van der Waals surface area contributed by atoms with Gasteiger partial charge in [0.25, 0.3) is 0 Å². The van der Waals surface area contributed by atoms with Crippen molar-refractivity contribution in [3.8, 4) is 0 Å². The fourth-order valence-electron chi connectivity index (χ4n) is 1.96. The molecule has 3 atom stereocenters. The van der Waals surface area contributed by atoms with Crippen LogP contribution in [0.4, 0.5) is 0 Å². The van der Waals surface area contributed by atoms with Gasteiger partial charge in [-0.3, -0.25) is 4.79 Å². The summed E-state index contributed by atoms with van der Waals surface area (Å²) in [4.78, 5) is 12.1. The molecular weight excluding hydrogens is 250 g/mol. The van der Waals surface area contributed by atoms with Crippen molar-refractivity contribution in [2.45, 2.75) is 63.1 Å². The number of amides is 1. The van der Waals surface area contributed by atoms with E-state index in [4.69, 9.17) is 4.74 Å². The zero-order valence-electron chi connectivity index (χ0n) is 11.2. The van der Waals surface area contributed by atoms with E-state index in [-0.39, 0.29) is 17.4 Å². The van der Waals surface area contributed by atoms with Gasteiger partial charge in [-0.1, -0.05) is 20.8 Å². The zero-order chi connectivity index (χ0) is 13.1. The second-order valence-corrected chi connectivity index (χ2v) is 6.94. The van der Waals surface area contributed by atoms with Gasteiger partial charge in [0, 0.05) is 0 Å². The summed E-state index contributed by atoms with van der Waals surface area (Å²) >= 11 is 1.69. The Bertz CT molecular complexity index is 297. The lowest BCUT2D eigenvalue weighted by atomic mass is 10.3. The smallest absolute Gasteiger partial charge is 0.236 e. The first kappa shape index (κ1) is 14.1. The zero-order valence-corrected chi connectivity index (χ0v) is 12.0. The van der Waals surface area contributed by atoms with Gasteiger partial charge in [0.05, 0.1) is 5.25 Å². The van der Waals surface area contributed by atoms with Crippen molar-refractivity contribution in [3.63, 3.8) is 0 Å². The molecular formula is C12H23N3O2S. The molecule has 6 heteroatoms. The van der Waals surface area contributed by atoms with Crippen LogP contribution in [0, 0.1) is 5.92 Å². The fourth-order valence-corrected chi connectivity index (χ4v) is 3.01. The molecule has 1 heterocycles. The number of thioether (sulfide) groups is 1. The van der Waals surface area contributed by atoms with Crippen molar-refractivity contribution in [3.05, 3.63) is 0 Å². The molecule has 104 valence electrons. The van der Waals surface area contributed by atoms with E-state index in [0.29, 0.717) is 11.2 Å². The first-order valence-electron chi connectivity index (χ1n) is 6.72. The Morgan fingerprint density at radius 3 is 2.72 bits per heavy atom. The maximum absolute atomic E-state index is 12.1. The molecule has 3 N–H and O–H groups in total. The summed E-state index contributed by atoms with van der Waals surface area (Å²) in [6, 6.07) is 0. The topological polar surface area (TPSA) is 62.4 Å². The van der Waals surface area contributed by atoms with Crippen molar-refractivity contribution in [1.29, 1.82) is 0 Å². The summed E-state index contributed by atoms with van der Waals surface area (Å²) in [7, 11) is 0. The van der Waals surface area contributed by atoms with Crippen LogP contribution in [0.1, 0.15) is 40.0 Å². The minimum atomic E-state index is -0.398. The number of hydrazine groups is 1. The Labute approximate surface area is 113 Å². The highest BCUT2D eigenvalue weighted by Gasteiger charge is 2.38. The normalized spacial score (nSPS) is 29.6. The van der Waals surface area contributed by atoms with E-state index in [2.05, 4.69) is 30.0 Å². The minimum absolute atomic E-state index is 0.00428. The third-order valence-electron chi connectivity index (χ3n) is 3.06. The summed E-state index contributed by atoms with van der Waals surface area (Å²) in [5, 5.41) is 3.34. The van der Waals surface area contributed by atoms with Crippen molar-refractivity contribution in [2.24, 2.45) is 5.92 Å². The van der Waals surface area contributed by atoms with Crippen LogP contribution < -0.4 is 16.2 Å². The number of hydrogen-bond acceptors (Lipinski definition) is 5. The number of ether oxygens (including phenoxy) is 1. The van der Waals surface area contributed by atoms with Gasteiger partial charge in [0.2, 0.25) is 12.3 Å². The molecule has 0 radical (unpaired) electrons. The van der Waals surface area contributed by atoms with Crippen LogP contribution in [0.3, 0.4) is 0 Å². The van der Waals surface area contributed by atoms with E-state index in [1.165, 1.54) is 12.8 Å². The molecule has 0 spiro atoms. The molecule has 1 aliphatic heterocycles. The molecule has 0 aromatic rings. The molecule has 2 aliphatic rings. The highest BCUT2D eigenvalue weighted by Crippen LogP contribution is 2.34. The summed E-state index contributed by atoms with van der Waals surface area (Å²) in [5.41, 5.74) is 6.06. The van der Waals surface area contributed by atoms with E-state index in [9.17, 15) is 4.79 Å². The van der Waals surface area contributed by atoms with E-state index in [0.717, 1.165) is 6.42 Å². The Morgan fingerprint density at radius 2 is 2.17 bits per heavy atom. The largest absolute Gasteiger partial charge is 0.324 e. The average Bonchev–Trinajstić information content (AvgIpc) is 3.07. The van der Waals surface area contributed by atoms with Gasteiger partial charge in [-0.25, -0.2) is 10.9 Å². The molecule has 5 nitrogen and oxygen atoms in total. The average molecular weight is 273 g/mol. The van der Waals surface area contributed by atoms with E-state index in [1.54, 1.807) is 11.8 Å². The lowest BCUT2D eigenvalue weighted by Gasteiger charge is -2.19. The van der Waals surface area contributed by atoms with Crippen LogP contribution in [0.15, 0.2) is 0 Å². The van der Waals surface area contributed by atoms with Crippen LogP contribution in [-0.4, -0.2) is 29.0 Å². The van der Waals surface area contributed by atoms with Gasteiger partial charge >= 0.3 is 0 Å². The molecule has 1 aliphatic carbocycles. The summed E-state index contributed by atoms with van der Waals surface area (Å²) in [6.07, 6.45) is 2.90. The Kier molecular flexibility index (Phi) is 4.89. The number of carbonyl (C=O) groups excluding carboxylic acids is 1. The van der Waals surface area contributed by atoms with Crippen molar-refractivity contribution >= 4 is 17.7 Å². The molecule has 0 aromatic carbocycles. The van der Waals surface area contributed by atoms with E-state index < -0.39 is 6.35 Å². The van der Waals surface area contributed by atoms with Gasteiger partial charge < -0.3 is 10.1 Å². The predicted octanol–water partition coefficient (Wildman–Crippen LogP) is 1.17. The lowest BCUT2D eigenvalue weighted by Crippen LogP contribution is -2.48. The molecule has 1 amide bonds. The highest BCUT2D eigenvalue weighted by molar-refractivity contribution is 8.01. The first-order chi connectivity index (χ1) is 8.60. The standard InChI is InChI=1S/C12H23N3O2S/c1-4-9(18-7(2)3)10(16)13-12-15-14-11(17-12)8-5-6-8/h7-9,11-12,14-15H,4-6H2,1-3H3,(H,13,16). The van der Waals surface area contributed by atoms with Gasteiger partial charge in [0.1, 0.15) is 6.23 Å². The molecule has 18 heavy (non-hydrogen) atoms. The Hall–Kier alpha value is -0.300. The molecule has 1 saturated heterocycles. The highest BCUT2D eigenvalue weighted by atomic mass is 32.2. The molecule has 2 fully saturated rings. The van der Waals surface area contributed by atoms with Gasteiger partial charge in [-0.2, -0.15) is 0 Å². The third kappa shape index (κ3) is 3.85. The first-order valence-corrected chi connectivity index (χ1v) is 7.66. The van der Waals surface area contributed by atoms with E-state index in [1.807, 2.05) is 6.92 Å². The number of carbonyl (C=O) groups is 1. The van der Waals surface area contributed by atoms with Gasteiger partial charge in [0.15, 0.2) is 0 Å². The Balaban J connectivity index is 1.75. The monoisotopic (exact) mass is 273 g/mol. The van der Waals surface area contributed by atoms with E-state index >= 15 is 0 Å². The van der Waals surface area contributed by atoms with Crippen LogP contribution in [0.5, 0.6) is 0 Å². The van der Waals surface area contributed by atoms with Crippen molar-refractivity contribution < 1.29 is 9.53 Å². The fraction of sp³-hybridized carbons (Fsp3) is 0.917. The quantitative estimate of drug-likeness (QED) is 0.678. The second-order valence-electron chi connectivity index (χ2n) is 5.15. The van der Waals surface area contributed by atoms with Crippen molar-refractivity contribution in [2.75, 3.05) is 0 Å². The summed E-state index contributed by atoms with van der Waals surface area (Å²) in [6.45, 7) is 6.25. The van der Waals surface area contributed by atoms with Crippen LogP contribution >= 0.6 is 11.8 Å². The summed E-state index contributed by atoms with van der Waals surface area (Å²) < 4.78 is 5.69. The lowest BCUT2D eigenvalue weighted by molar-refractivity contribution is -0.125. The SMILES string of the molecule is CCC(SC(C)C)C(=O)NC1NNC(C2CC2)O1. The van der Waals surface area contributed by atoms with Crippen LogP contribution in [0.25, 0.3) is 0 Å². The summed E-state index contributed by atoms with van der Waals surface area (Å²) in [5.74, 6) is 0.651.